The molecule has 0 aliphatic rings. The van der Waals surface area contributed by atoms with Gasteiger partial charge in [0.15, 0.2) is 0 Å². The van der Waals surface area contributed by atoms with E-state index in [2.05, 4.69) is 10.6 Å². The van der Waals surface area contributed by atoms with Crippen molar-refractivity contribution in [3.63, 3.8) is 0 Å². The van der Waals surface area contributed by atoms with Crippen LogP contribution in [-0.4, -0.2) is 48.8 Å². The van der Waals surface area contributed by atoms with Gasteiger partial charge in [-0.05, 0) is 23.3 Å². The summed E-state index contributed by atoms with van der Waals surface area (Å²) in [6, 6.07) is 11.4. The van der Waals surface area contributed by atoms with E-state index in [1.807, 2.05) is 6.07 Å². The second-order valence-corrected chi connectivity index (χ2v) is 6.98. The highest BCUT2D eigenvalue weighted by atomic mass is 35.5. The first-order chi connectivity index (χ1) is 14.8. The highest BCUT2D eigenvalue weighted by Crippen LogP contribution is 2.25. The summed E-state index contributed by atoms with van der Waals surface area (Å²) in [5.41, 5.74) is 6.79. The first-order valence-corrected chi connectivity index (χ1v) is 9.72. The number of aliphatic hydroxyl groups excluding tert-OH is 1. The van der Waals surface area contributed by atoms with Crippen molar-refractivity contribution >= 4 is 29.5 Å². The average Bonchev–Trinajstić information content (AvgIpc) is 2.76. The van der Waals surface area contributed by atoms with E-state index in [0.717, 1.165) is 5.56 Å². The quantitative estimate of drug-likeness (QED) is 0.429. The lowest BCUT2D eigenvalue weighted by atomic mass is 10.0. The third-order valence-electron chi connectivity index (χ3n) is 4.32. The smallest absolute Gasteiger partial charge is 0.408 e. The minimum absolute atomic E-state index is 0.00538. The van der Waals surface area contributed by atoms with E-state index in [9.17, 15) is 19.5 Å². The summed E-state index contributed by atoms with van der Waals surface area (Å²) in [6.07, 6.45) is -0.836. The van der Waals surface area contributed by atoms with Gasteiger partial charge in [-0.3, -0.25) is 9.59 Å². The molecule has 0 saturated carbocycles. The SMILES string of the molecule is COc1ccc(C[C@H](NC(=O)[C@H](CO)NC(=O)OCc2ccccc2)C(N)=O)cc1Cl. The Hall–Kier alpha value is -3.30. The normalized spacial score (nSPS) is 12.4. The lowest BCUT2D eigenvalue weighted by Crippen LogP contribution is -2.54. The number of rotatable bonds is 10. The Morgan fingerprint density at radius 2 is 1.77 bits per heavy atom. The van der Waals surface area contributed by atoms with Crippen molar-refractivity contribution in [3.8, 4) is 5.75 Å². The van der Waals surface area contributed by atoms with Crippen LogP contribution in [0.3, 0.4) is 0 Å². The zero-order valence-electron chi connectivity index (χ0n) is 16.8. The molecule has 0 fully saturated rings. The molecule has 0 aliphatic heterocycles. The van der Waals surface area contributed by atoms with Crippen LogP contribution in [0, 0.1) is 0 Å². The van der Waals surface area contributed by atoms with Crippen LogP contribution in [0.5, 0.6) is 5.75 Å². The summed E-state index contributed by atoms with van der Waals surface area (Å²) in [6.45, 7) is -0.708. The van der Waals surface area contributed by atoms with Crippen LogP contribution < -0.4 is 21.1 Å². The van der Waals surface area contributed by atoms with Crippen LogP contribution in [0.25, 0.3) is 0 Å². The Morgan fingerprint density at radius 1 is 1.06 bits per heavy atom. The molecule has 31 heavy (non-hydrogen) atoms. The molecule has 2 atom stereocenters. The van der Waals surface area contributed by atoms with E-state index < -0.39 is 36.6 Å². The summed E-state index contributed by atoms with van der Waals surface area (Å²) in [4.78, 5) is 36.2. The summed E-state index contributed by atoms with van der Waals surface area (Å²) in [5, 5.41) is 14.5. The Morgan fingerprint density at radius 3 is 2.35 bits per heavy atom. The zero-order valence-corrected chi connectivity index (χ0v) is 17.6. The Bertz CT molecular complexity index is 909. The molecule has 2 aromatic carbocycles. The molecule has 0 radical (unpaired) electrons. The molecule has 0 unspecified atom stereocenters. The number of nitrogens with two attached hydrogens (primary N) is 1. The largest absolute Gasteiger partial charge is 0.495 e. The predicted octanol–water partition coefficient (Wildman–Crippen LogP) is 1.15. The number of halogens is 1. The molecule has 0 spiro atoms. The van der Waals surface area contributed by atoms with Gasteiger partial charge in [0.1, 0.15) is 24.4 Å². The molecular weight excluding hydrogens is 426 g/mol. The van der Waals surface area contributed by atoms with Gasteiger partial charge in [0.05, 0.1) is 18.7 Å². The number of amides is 3. The van der Waals surface area contributed by atoms with Crippen molar-refractivity contribution < 1.29 is 29.0 Å². The van der Waals surface area contributed by atoms with Gasteiger partial charge >= 0.3 is 6.09 Å². The van der Waals surface area contributed by atoms with Crippen molar-refractivity contribution in [3.05, 3.63) is 64.7 Å². The van der Waals surface area contributed by atoms with Gasteiger partial charge in [0.2, 0.25) is 11.8 Å². The minimum Gasteiger partial charge on any atom is -0.495 e. The number of primary amides is 1. The molecule has 0 heterocycles. The van der Waals surface area contributed by atoms with E-state index in [0.29, 0.717) is 16.3 Å². The molecular formula is C21H24ClN3O6. The fourth-order valence-electron chi connectivity index (χ4n) is 2.67. The van der Waals surface area contributed by atoms with Crippen LogP contribution in [-0.2, 0) is 27.4 Å². The van der Waals surface area contributed by atoms with Crippen LogP contribution >= 0.6 is 11.6 Å². The van der Waals surface area contributed by atoms with E-state index in [-0.39, 0.29) is 13.0 Å². The lowest BCUT2D eigenvalue weighted by molar-refractivity contribution is -0.129. The number of carbonyl (C=O) groups excluding carboxylic acids is 3. The lowest BCUT2D eigenvalue weighted by Gasteiger charge is -2.20. The Labute approximate surface area is 184 Å². The molecule has 166 valence electrons. The van der Waals surface area contributed by atoms with Crippen LogP contribution in [0.2, 0.25) is 5.02 Å². The highest BCUT2D eigenvalue weighted by Gasteiger charge is 2.26. The maximum Gasteiger partial charge on any atom is 0.408 e. The maximum atomic E-state index is 12.5. The molecule has 0 aromatic heterocycles. The van der Waals surface area contributed by atoms with Gasteiger partial charge in [-0.1, -0.05) is 48.0 Å². The molecule has 0 bridgehead atoms. The minimum atomic E-state index is -1.33. The van der Waals surface area contributed by atoms with Crippen molar-refractivity contribution in [2.75, 3.05) is 13.7 Å². The zero-order chi connectivity index (χ0) is 22.8. The number of alkyl carbamates (subject to hydrolysis) is 1. The number of hydrogen-bond acceptors (Lipinski definition) is 6. The van der Waals surface area contributed by atoms with Gasteiger partial charge in [-0.2, -0.15) is 0 Å². The third kappa shape index (κ3) is 7.47. The molecule has 0 saturated heterocycles. The summed E-state index contributed by atoms with van der Waals surface area (Å²) >= 11 is 6.08. The van der Waals surface area contributed by atoms with E-state index in [4.69, 9.17) is 26.8 Å². The summed E-state index contributed by atoms with van der Waals surface area (Å²) in [7, 11) is 1.47. The van der Waals surface area contributed by atoms with Crippen LogP contribution in [0.4, 0.5) is 4.79 Å². The summed E-state index contributed by atoms with van der Waals surface area (Å²) < 4.78 is 10.1. The van der Waals surface area contributed by atoms with Gasteiger partial charge < -0.3 is 30.9 Å². The fourth-order valence-corrected chi connectivity index (χ4v) is 2.95. The standard InChI is InChI=1S/C21H24ClN3O6/c1-30-18-8-7-14(9-15(18)22)10-16(19(23)27)24-20(28)17(11-26)25-21(29)31-12-13-5-3-2-4-6-13/h2-9,16-17,26H,10-12H2,1H3,(H2,23,27)(H,24,28)(H,25,29)/t16-,17-/m0/s1. The third-order valence-corrected chi connectivity index (χ3v) is 4.62. The van der Waals surface area contributed by atoms with Crippen molar-refractivity contribution in [1.29, 1.82) is 0 Å². The monoisotopic (exact) mass is 449 g/mol. The molecule has 2 aromatic rings. The second-order valence-electron chi connectivity index (χ2n) is 6.58. The number of hydrogen-bond donors (Lipinski definition) is 4. The number of ether oxygens (including phenoxy) is 2. The fraction of sp³-hybridized carbons (Fsp3) is 0.286. The highest BCUT2D eigenvalue weighted by molar-refractivity contribution is 6.32. The van der Waals surface area contributed by atoms with Gasteiger partial charge in [-0.25, -0.2) is 4.79 Å². The topological polar surface area (TPSA) is 140 Å². The molecule has 5 N–H and O–H groups in total. The molecule has 3 amide bonds. The predicted molar refractivity (Wildman–Crippen MR) is 113 cm³/mol. The first kappa shape index (κ1) is 24.0. The maximum absolute atomic E-state index is 12.5. The molecule has 0 aliphatic carbocycles. The Kier molecular flexibility index (Phi) is 9.11. The van der Waals surface area contributed by atoms with Gasteiger partial charge in [0.25, 0.3) is 0 Å². The van der Waals surface area contributed by atoms with Gasteiger partial charge in [0, 0.05) is 6.42 Å². The average molecular weight is 450 g/mol. The number of nitrogens with one attached hydrogen (secondary N) is 2. The van der Waals surface area contributed by atoms with E-state index in [1.165, 1.54) is 7.11 Å². The number of methoxy groups -OCH3 is 1. The molecule has 2 rings (SSSR count). The molecule has 10 heteroatoms. The van der Waals surface area contributed by atoms with E-state index in [1.54, 1.807) is 42.5 Å². The van der Waals surface area contributed by atoms with Crippen LogP contribution in [0.1, 0.15) is 11.1 Å². The first-order valence-electron chi connectivity index (χ1n) is 9.34. The molecule has 9 nitrogen and oxygen atoms in total. The van der Waals surface area contributed by atoms with Crippen LogP contribution in [0.15, 0.2) is 48.5 Å². The van der Waals surface area contributed by atoms with Crippen molar-refractivity contribution in [1.82, 2.24) is 10.6 Å². The number of aliphatic hydroxyl groups is 1. The van der Waals surface area contributed by atoms with E-state index >= 15 is 0 Å². The second kappa shape index (κ2) is 11.8. The van der Waals surface area contributed by atoms with Gasteiger partial charge in [-0.15, -0.1) is 0 Å². The Balaban J connectivity index is 1.95. The summed E-state index contributed by atoms with van der Waals surface area (Å²) in [5.74, 6) is -1.12. The van der Waals surface area contributed by atoms with Crippen molar-refractivity contribution in [2.24, 2.45) is 5.73 Å². The van der Waals surface area contributed by atoms with Crippen molar-refractivity contribution in [2.45, 2.75) is 25.1 Å². The number of carbonyl (C=O) groups is 3. The number of benzene rings is 2.